The van der Waals surface area contributed by atoms with Gasteiger partial charge in [0.2, 0.25) is 5.91 Å². The number of rotatable bonds is 6. The molecule has 0 saturated heterocycles. The number of carbonyl (C=O) groups is 2. The molecule has 0 bridgehead atoms. The van der Waals surface area contributed by atoms with Crippen LogP contribution in [0.5, 0.6) is 0 Å². The molecule has 1 rings (SSSR count). The van der Waals surface area contributed by atoms with Crippen molar-refractivity contribution in [3.8, 4) is 0 Å². The van der Waals surface area contributed by atoms with Gasteiger partial charge in [0.1, 0.15) is 6.04 Å². The van der Waals surface area contributed by atoms with Crippen LogP contribution in [0, 0.1) is 0 Å². The van der Waals surface area contributed by atoms with Gasteiger partial charge in [0.15, 0.2) is 9.84 Å². The summed E-state index contributed by atoms with van der Waals surface area (Å²) < 4.78 is 23.4. The van der Waals surface area contributed by atoms with E-state index in [1.807, 2.05) is 13.8 Å². The fourth-order valence-electron chi connectivity index (χ4n) is 1.78. The lowest BCUT2D eigenvalue weighted by atomic mass is 10.2. The van der Waals surface area contributed by atoms with Gasteiger partial charge in [-0.3, -0.25) is 4.79 Å². The third kappa shape index (κ3) is 5.90. The highest BCUT2D eigenvalue weighted by atomic mass is 32.2. The number of benzene rings is 1. The summed E-state index contributed by atoms with van der Waals surface area (Å²) in [6.07, 6.45) is 1.85. The fraction of sp³-hybridized carbons (Fsp3) is 0.467. The lowest BCUT2D eigenvalue weighted by Crippen LogP contribution is -2.48. The molecule has 1 aromatic carbocycles. The van der Waals surface area contributed by atoms with Crippen molar-refractivity contribution in [2.45, 2.75) is 44.2 Å². The molecule has 1 aromatic rings. The van der Waals surface area contributed by atoms with Gasteiger partial charge in [0.05, 0.1) is 10.6 Å². The molecule has 0 saturated carbocycles. The SMILES string of the molecule is CC[C@H](C)NC(=O)[C@@H](C)NC(=O)Nc1ccccc1S(C)(=O)=O. The Morgan fingerprint density at radius 2 is 1.74 bits per heavy atom. The average molecular weight is 341 g/mol. The highest BCUT2D eigenvalue weighted by Crippen LogP contribution is 2.20. The van der Waals surface area contributed by atoms with E-state index in [2.05, 4.69) is 16.0 Å². The summed E-state index contributed by atoms with van der Waals surface area (Å²) in [6.45, 7) is 5.37. The maximum Gasteiger partial charge on any atom is 0.319 e. The summed E-state index contributed by atoms with van der Waals surface area (Å²) in [6, 6.07) is 4.71. The van der Waals surface area contributed by atoms with Crippen molar-refractivity contribution in [1.29, 1.82) is 0 Å². The predicted molar refractivity (Wildman–Crippen MR) is 89.1 cm³/mol. The summed E-state index contributed by atoms with van der Waals surface area (Å²) in [5.74, 6) is -0.300. The molecule has 0 radical (unpaired) electrons. The van der Waals surface area contributed by atoms with E-state index in [4.69, 9.17) is 0 Å². The Morgan fingerprint density at radius 3 is 2.30 bits per heavy atom. The number of urea groups is 1. The lowest BCUT2D eigenvalue weighted by Gasteiger charge is -2.18. The van der Waals surface area contributed by atoms with Gasteiger partial charge >= 0.3 is 6.03 Å². The third-order valence-electron chi connectivity index (χ3n) is 3.28. The van der Waals surface area contributed by atoms with Crippen LogP contribution in [0.1, 0.15) is 27.2 Å². The maximum absolute atomic E-state index is 12.0. The van der Waals surface area contributed by atoms with Gasteiger partial charge in [-0.15, -0.1) is 0 Å². The Kier molecular flexibility index (Phi) is 6.56. The molecule has 7 nitrogen and oxygen atoms in total. The largest absolute Gasteiger partial charge is 0.352 e. The van der Waals surface area contributed by atoms with E-state index in [1.54, 1.807) is 19.1 Å². The van der Waals surface area contributed by atoms with Gasteiger partial charge < -0.3 is 16.0 Å². The van der Waals surface area contributed by atoms with Crippen molar-refractivity contribution < 1.29 is 18.0 Å². The summed E-state index contributed by atoms with van der Waals surface area (Å²) in [4.78, 5) is 23.9. The summed E-state index contributed by atoms with van der Waals surface area (Å²) in [7, 11) is -3.46. The Labute approximate surface area is 136 Å². The molecule has 0 aliphatic carbocycles. The van der Waals surface area contributed by atoms with Crippen LogP contribution in [0.2, 0.25) is 0 Å². The Bertz CT molecular complexity index is 673. The molecule has 0 spiro atoms. The second-order valence-electron chi connectivity index (χ2n) is 5.41. The van der Waals surface area contributed by atoms with Crippen LogP contribution in [0.4, 0.5) is 10.5 Å². The smallest absolute Gasteiger partial charge is 0.319 e. The maximum atomic E-state index is 12.0. The lowest BCUT2D eigenvalue weighted by molar-refractivity contribution is -0.123. The van der Waals surface area contributed by atoms with E-state index >= 15 is 0 Å². The molecule has 3 N–H and O–H groups in total. The van der Waals surface area contributed by atoms with E-state index in [1.165, 1.54) is 12.1 Å². The molecular formula is C15H23N3O4S. The van der Waals surface area contributed by atoms with Crippen molar-refractivity contribution in [1.82, 2.24) is 10.6 Å². The van der Waals surface area contributed by atoms with Crippen LogP contribution >= 0.6 is 0 Å². The highest BCUT2D eigenvalue weighted by Gasteiger charge is 2.19. The molecule has 0 aliphatic heterocycles. The number of hydrogen-bond acceptors (Lipinski definition) is 4. The molecule has 0 fully saturated rings. The number of anilines is 1. The third-order valence-corrected chi connectivity index (χ3v) is 4.43. The minimum Gasteiger partial charge on any atom is -0.352 e. The number of hydrogen-bond donors (Lipinski definition) is 3. The summed E-state index contributed by atoms with van der Waals surface area (Å²) in [5, 5.41) is 7.70. The monoisotopic (exact) mass is 341 g/mol. The molecule has 23 heavy (non-hydrogen) atoms. The zero-order valence-electron chi connectivity index (χ0n) is 13.7. The molecule has 0 aromatic heterocycles. The summed E-state index contributed by atoms with van der Waals surface area (Å²) in [5.41, 5.74) is 0.169. The first-order chi connectivity index (χ1) is 10.6. The van der Waals surface area contributed by atoms with Gasteiger partial charge in [-0.05, 0) is 32.4 Å². The van der Waals surface area contributed by atoms with E-state index in [-0.39, 0.29) is 22.5 Å². The van der Waals surface area contributed by atoms with Gasteiger partial charge in [-0.1, -0.05) is 19.1 Å². The number of sulfone groups is 1. The highest BCUT2D eigenvalue weighted by molar-refractivity contribution is 7.90. The molecule has 2 atom stereocenters. The second kappa shape index (κ2) is 7.96. The number of nitrogens with one attached hydrogen (secondary N) is 3. The van der Waals surface area contributed by atoms with Gasteiger partial charge in [0.25, 0.3) is 0 Å². The normalized spacial score (nSPS) is 13.7. The average Bonchev–Trinajstić information content (AvgIpc) is 2.46. The van der Waals surface area contributed by atoms with E-state index in [9.17, 15) is 18.0 Å². The van der Waals surface area contributed by atoms with Crippen LogP contribution in [0.15, 0.2) is 29.2 Å². The standard InChI is InChI=1S/C15H23N3O4S/c1-5-10(2)16-14(19)11(3)17-15(20)18-12-8-6-7-9-13(12)23(4,21)22/h6-11H,5H2,1-4H3,(H,16,19)(H2,17,18,20)/t10-,11+/m0/s1. The van der Waals surface area contributed by atoms with Crippen molar-refractivity contribution in [3.63, 3.8) is 0 Å². The molecular weight excluding hydrogens is 318 g/mol. The van der Waals surface area contributed by atoms with E-state index in [0.29, 0.717) is 0 Å². The van der Waals surface area contributed by atoms with Crippen LogP contribution in [0.25, 0.3) is 0 Å². The first-order valence-corrected chi connectivity index (χ1v) is 9.21. The number of para-hydroxylation sites is 1. The van der Waals surface area contributed by atoms with Crippen LogP contribution in [-0.4, -0.2) is 38.7 Å². The minimum absolute atomic E-state index is 0.0146. The molecule has 128 valence electrons. The molecule has 0 unspecified atom stereocenters. The summed E-state index contributed by atoms with van der Waals surface area (Å²) >= 11 is 0. The quantitative estimate of drug-likeness (QED) is 0.729. The molecule has 8 heteroatoms. The van der Waals surface area contributed by atoms with E-state index in [0.717, 1.165) is 12.7 Å². The molecule has 3 amide bonds. The van der Waals surface area contributed by atoms with Gasteiger partial charge in [0, 0.05) is 12.3 Å². The van der Waals surface area contributed by atoms with Crippen LogP contribution in [-0.2, 0) is 14.6 Å². The predicted octanol–water partition coefficient (Wildman–Crippen LogP) is 1.51. The molecule has 0 aliphatic rings. The zero-order chi connectivity index (χ0) is 17.6. The Hall–Kier alpha value is -2.09. The zero-order valence-corrected chi connectivity index (χ0v) is 14.5. The van der Waals surface area contributed by atoms with Crippen molar-refractivity contribution in [2.24, 2.45) is 0 Å². The van der Waals surface area contributed by atoms with Crippen molar-refractivity contribution in [3.05, 3.63) is 24.3 Å². The van der Waals surface area contributed by atoms with E-state index < -0.39 is 21.9 Å². The Morgan fingerprint density at radius 1 is 1.13 bits per heavy atom. The van der Waals surface area contributed by atoms with Crippen molar-refractivity contribution >= 4 is 27.5 Å². The van der Waals surface area contributed by atoms with Crippen LogP contribution < -0.4 is 16.0 Å². The molecule has 0 heterocycles. The van der Waals surface area contributed by atoms with Gasteiger partial charge in [-0.25, -0.2) is 13.2 Å². The first kappa shape index (κ1) is 19.0. The number of carbonyl (C=O) groups excluding carboxylic acids is 2. The number of amides is 3. The minimum atomic E-state index is -3.46. The Balaban J connectivity index is 2.73. The second-order valence-corrected chi connectivity index (χ2v) is 7.39. The first-order valence-electron chi connectivity index (χ1n) is 7.32. The van der Waals surface area contributed by atoms with Gasteiger partial charge in [-0.2, -0.15) is 0 Å². The topological polar surface area (TPSA) is 104 Å². The van der Waals surface area contributed by atoms with Crippen molar-refractivity contribution in [2.75, 3.05) is 11.6 Å². The fourth-order valence-corrected chi connectivity index (χ4v) is 2.63. The van der Waals surface area contributed by atoms with Crippen LogP contribution in [0.3, 0.4) is 0 Å².